The molecule has 0 radical (unpaired) electrons. The Kier molecular flexibility index (Phi) is 5.15. The Balaban J connectivity index is 0.00000147. The minimum absolute atomic E-state index is 0. The van der Waals surface area contributed by atoms with Gasteiger partial charge >= 0.3 is 0 Å². The molecule has 1 atom stereocenters. The molecule has 20 heavy (non-hydrogen) atoms. The minimum Gasteiger partial charge on any atom is -0.334 e. The molecule has 2 heterocycles. The summed E-state index contributed by atoms with van der Waals surface area (Å²) in [5.74, 6) is 1.29. The lowest BCUT2D eigenvalue weighted by Gasteiger charge is -2.30. The molecular weight excluding hydrogens is 344 g/mol. The van der Waals surface area contributed by atoms with Crippen molar-refractivity contribution in [3.05, 3.63) is 34.6 Å². The van der Waals surface area contributed by atoms with E-state index in [2.05, 4.69) is 43.3 Å². The summed E-state index contributed by atoms with van der Waals surface area (Å²) in [5, 5.41) is 7.47. The van der Waals surface area contributed by atoms with Crippen molar-refractivity contribution >= 4 is 28.3 Å². The van der Waals surface area contributed by atoms with Gasteiger partial charge in [-0.2, -0.15) is 4.98 Å². The van der Waals surface area contributed by atoms with E-state index in [-0.39, 0.29) is 18.4 Å². The van der Waals surface area contributed by atoms with Gasteiger partial charge < -0.3 is 9.84 Å². The molecule has 1 unspecified atom stereocenters. The average molecular weight is 360 g/mol. The summed E-state index contributed by atoms with van der Waals surface area (Å²) in [7, 11) is 2.08. The Morgan fingerprint density at radius 3 is 2.95 bits per heavy atom. The summed E-state index contributed by atoms with van der Waals surface area (Å²) in [5.41, 5.74) is 0.924. The van der Waals surface area contributed by atoms with E-state index in [1.807, 2.05) is 24.3 Å². The maximum absolute atomic E-state index is 5.39. The molecule has 1 aromatic heterocycles. The molecule has 1 N–H and O–H groups in total. The Labute approximate surface area is 132 Å². The number of likely N-dealkylation sites (N-methyl/N-ethyl adjacent to an activating group) is 1. The van der Waals surface area contributed by atoms with Crippen molar-refractivity contribution in [1.29, 1.82) is 0 Å². The Morgan fingerprint density at radius 1 is 1.40 bits per heavy atom. The lowest BCUT2D eigenvalue weighted by molar-refractivity contribution is 0.190. The second-order valence-electron chi connectivity index (χ2n) is 4.64. The van der Waals surface area contributed by atoms with Gasteiger partial charge in [-0.05, 0) is 35.1 Å². The van der Waals surface area contributed by atoms with Gasteiger partial charge in [-0.1, -0.05) is 17.3 Å². The van der Waals surface area contributed by atoms with E-state index in [1.54, 1.807) is 0 Å². The van der Waals surface area contributed by atoms with Crippen molar-refractivity contribution in [2.45, 2.75) is 6.04 Å². The number of rotatable bonds is 2. The lowest BCUT2D eigenvalue weighted by Crippen LogP contribution is -2.44. The highest BCUT2D eigenvalue weighted by atomic mass is 79.9. The molecule has 1 fully saturated rings. The zero-order chi connectivity index (χ0) is 13.2. The first-order valence-corrected chi connectivity index (χ1v) is 7.04. The predicted octanol–water partition coefficient (Wildman–Crippen LogP) is 2.50. The minimum atomic E-state index is 0. The number of aromatic nitrogens is 2. The van der Waals surface area contributed by atoms with E-state index < -0.39 is 0 Å². The van der Waals surface area contributed by atoms with Gasteiger partial charge in [0.2, 0.25) is 0 Å². The molecule has 0 spiro atoms. The van der Waals surface area contributed by atoms with Crippen LogP contribution in [-0.4, -0.2) is 41.7 Å². The van der Waals surface area contributed by atoms with Crippen LogP contribution in [0.5, 0.6) is 0 Å². The SMILES string of the molecule is CN1CCNCC1c1noc(-c2ccccc2Br)n1.Cl. The number of piperazine rings is 1. The van der Waals surface area contributed by atoms with E-state index in [9.17, 15) is 0 Å². The van der Waals surface area contributed by atoms with Crippen LogP contribution in [0, 0.1) is 0 Å². The molecule has 1 aliphatic rings. The molecule has 0 aliphatic carbocycles. The van der Waals surface area contributed by atoms with Gasteiger partial charge in [0.05, 0.1) is 11.6 Å². The third-order valence-electron chi connectivity index (χ3n) is 3.36. The van der Waals surface area contributed by atoms with Crippen molar-refractivity contribution in [1.82, 2.24) is 20.4 Å². The molecule has 2 aromatic rings. The summed E-state index contributed by atoms with van der Waals surface area (Å²) in [6.45, 7) is 2.84. The maximum atomic E-state index is 5.39. The average Bonchev–Trinajstić information content (AvgIpc) is 2.89. The first-order chi connectivity index (χ1) is 9.25. The highest BCUT2D eigenvalue weighted by Crippen LogP contribution is 2.28. The number of hydrogen-bond donors (Lipinski definition) is 1. The molecule has 3 rings (SSSR count). The zero-order valence-corrected chi connectivity index (χ0v) is 13.4. The Morgan fingerprint density at radius 2 is 2.20 bits per heavy atom. The van der Waals surface area contributed by atoms with Crippen LogP contribution < -0.4 is 5.32 Å². The largest absolute Gasteiger partial charge is 0.334 e. The van der Waals surface area contributed by atoms with E-state index in [4.69, 9.17) is 4.52 Å². The number of nitrogens with one attached hydrogen (secondary N) is 1. The highest BCUT2D eigenvalue weighted by Gasteiger charge is 2.25. The zero-order valence-electron chi connectivity index (χ0n) is 11.0. The lowest BCUT2D eigenvalue weighted by atomic mass is 10.2. The van der Waals surface area contributed by atoms with Crippen LogP contribution in [0.1, 0.15) is 11.9 Å². The van der Waals surface area contributed by atoms with Crippen LogP contribution in [0.15, 0.2) is 33.3 Å². The molecule has 5 nitrogen and oxygen atoms in total. The molecule has 1 aromatic carbocycles. The quantitative estimate of drug-likeness (QED) is 0.893. The summed E-state index contributed by atoms with van der Waals surface area (Å²) in [6.07, 6.45) is 0. The smallest absolute Gasteiger partial charge is 0.259 e. The third kappa shape index (κ3) is 3.03. The van der Waals surface area contributed by atoms with Crippen molar-refractivity contribution in [3.63, 3.8) is 0 Å². The Bertz CT molecular complexity index is 577. The first-order valence-electron chi connectivity index (χ1n) is 6.25. The van der Waals surface area contributed by atoms with Crippen molar-refractivity contribution in [3.8, 4) is 11.5 Å². The second kappa shape index (κ2) is 6.67. The van der Waals surface area contributed by atoms with Crippen LogP contribution in [0.3, 0.4) is 0 Å². The topological polar surface area (TPSA) is 54.2 Å². The Hall–Kier alpha value is -0.950. The fourth-order valence-corrected chi connectivity index (χ4v) is 2.66. The summed E-state index contributed by atoms with van der Waals surface area (Å²) < 4.78 is 6.35. The van der Waals surface area contributed by atoms with Crippen molar-refractivity contribution in [2.24, 2.45) is 0 Å². The van der Waals surface area contributed by atoms with E-state index in [1.165, 1.54) is 0 Å². The predicted molar refractivity (Wildman–Crippen MR) is 82.9 cm³/mol. The van der Waals surface area contributed by atoms with Gasteiger partial charge in [-0.25, -0.2) is 0 Å². The van der Waals surface area contributed by atoms with Gasteiger partial charge in [0.25, 0.3) is 5.89 Å². The van der Waals surface area contributed by atoms with Gasteiger partial charge in [0.15, 0.2) is 5.82 Å². The van der Waals surface area contributed by atoms with Gasteiger partial charge in [0, 0.05) is 24.1 Å². The van der Waals surface area contributed by atoms with E-state index in [0.29, 0.717) is 5.89 Å². The summed E-state index contributed by atoms with van der Waals surface area (Å²) in [4.78, 5) is 6.77. The monoisotopic (exact) mass is 358 g/mol. The normalized spacial score (nSPS) is 19.6. The maximum Gasteiger partial charge on any atom is 0.259 e. The second-order valence-corrected chi connectivity index (χ2v) is 5.49. The van der Waals surface area contributed by atoms with Crippen molar-refractivity contribution < 1.29 is 4.52 Å². The van der Waals surface area contributed by atoms with Gasteiger partial charge in [-0.15, -0.1) is 12.4 Å². The van der Waals surface area contributed by atoms with E-state index in [0.717, 1.165) is 35.5 Å². The highest BCUT2D eigenvalue weighted by molar-refractivity contribution is 9.10. The van der Waals surface area contributed by atoms with Gasteiger partial charge in [-0.3, -0.25) is 4.90 Å². The fraction of sp³-hybridized carbons (Fsp3) is 0.385. The fourth-order valence-electron chi connectivity index (χ4n) is 2.21. The molecule has 0 saturated carbocycles. The molecule has 7 heteroatoms. The summed E-state index contributed by atoms with van der Waals surface area (Å²) >= 11 is 3.50. The standard InChI is InChI=1S/C13H15BrN4O.ClH/c1-18-7-6-15-8-11(18)12-16-13(19-17-12)9-4-2-3-5-10(9)14;/h2-5,11,15H,6-8H2,1H3;1H. The molecule has 1 saturated heterocycles. The van der Waals surface area contributed by atoms with Crippen LogP contribution in [-0.2, 0) is 0 Å². The van der Waals surface area contributed by atoms with Crippen LogP contribution >= 0.6 is 28.3 Å². The first kappa shape index (κ1) is 15.4. The number of benzene rings is 1. The molecule has 1 aliphatic heterocycles. The molecule has 108 valence electrons. The van der Waals surface area contributed by atoms with E-state index >= 15 is 0 Å². The van der Waals surface area contributed by atoms with Crippen LogP contribution in [0.25, 0.3) is 11.5 Å². The number of halogens is 2. The van der Waals surface area contributed by atoms with Crippen LogP contribution in [0.4, 0.5) is 0 Å². The number of nitrogens with zero attached hydrogens (tertiary/aromatic N) is 3. The molecule has 0 amide bonds. The molecule has 0 bridgehead atoms. The third-order valence-corrected chi connectivity index (χ3v) is 4.05. The van der Waals surface area contributed by atoms with Gasteiger partial charge in [0.1, 0.15) is 0 Å². The van der Waals surface area contributed by atoms with Crippen molar-refractivity contribution in [2.75, 3.05) is 26.7 Å². The van der Waals surface area contributed by atoms with Crippen LogP contribution in [0.2, 0.25) is 0 Å². The summed E-state index contributed by atoms with van der Waals surface area (Å²) in [6, 6.07) is 8.02. The number of hydrogen-bond acceptors (Lipinski definition) is 5. The molecular formula is C13H16BrClN4O.